The molecule has 0 fully saturated rings. The summed E-state index contributed by atoms with van der Waals surface area (Å²) in [5, 5.41) is 7.17. The summed E-state index contributed by atoms with van der Waals surface area (Å²) < 4.78 is 3.54. The summed E-state index contributed by atoms with van der Waals surface area (Å²) in [4.78, 5) is 12.9. The fourth-order valence-corrected chi connectivity index (χ4v) is 3.89. The number of nitrogens with one attached hydrogen (secondary N) is 1. The third kappa shape index (κ3) is 3.48. The molecule has 3 aromatic rings. The molecule has 22 heavy (non-hydrogen) atoms. The van der Waals surface area contributed by atoms with Gasteiger partial charge >= 0.3 is 0 Å². The highest BCUT2D eigenvalue weighted by Gasteiger charge is 2.14. The zero-order valence-electron chi connectivity index (χ0n) is 11.3. The number of carbonyl (C=O) groups excluding carboxylic acids is 1. The number of nitrogens with zero attached hydrogens (tertiary/aromatic N) is 2. The van der Waals surface area contributed by atoms with Crippen LogP contribution in [-0.2, 0) is 6.54 Å². The van der Waals surface area contributed by atoms with Gasteiger partial charge in [-0.1, -0.05) is 30.3 Å². The molecule has 0 atom stereocenters. The monoisotopic (exact) mass is 439 g/mol. The van der Waals surface area contributed by atoms with Crippen molar-refractivity contribution in [2.45, 2.75) is 6.54 Å². The lowest BCUT2D eigenvalue weighted by Gasteiger charge is -2.08. The fourth-order valence-electron chi connectivity index (χ4n) is 1.96. The molecule has 1 aromatic carbocycles. The second kappa shape index (κ2) is 6.76. The largest absolute Gasteiger partial charge is 0.306 e. The SMILES string of the molecule is O=C(Nc1ccnn1Cc1ccccc1)c1cc(Br)c(Br)s1. The van der Waals surface area contributed by atoms with Crippen LogP contribution in [0.5, 0.6) is 0 Å². The molecule has 0 saturated heterocycles. The van der Waals surface area contributed by atoms with Crippen molar-refractivity contribution < 1.29 is 4.79 Å². The lowest BCUT2D eigenvalue weighted by Crippen LogP contribution is -2.15. The maximum atomic E-state index is 12.3. The predicted molar refractivity (Wildman–Crippen MR) is 95.4 cm³/mol. The van der Waals surface area contributed by atoms with Crippen molar-refractivity contribution in [2.24, 2.45) is 0 Å². The topological polar surface area (TPSA) is 46.9 Å². The molecule has 7 heteroatoms. The number of anilines is 1. The first-order valence-electron chi connectivity index (χ1n) is 6.45. The highest BCUT2D eigenvalue weighted by atomic mass is 79.9. The Morgan fingerprint density at radius 2 is 2.00 bits per heavy atom. The first-order valence-corrected chi connectivity index (χ1v) is 8.85. The lowest BCUT2D eigenvalue weighted by atomic mass is 10.2. The normalized spacial score (nSPS) is 10.6. The van der Waals surface area contributed by atoms with E-state index in [1.807, 2.05) is 30.3 Å². The van der Waals surface area contributed by atoms with Gasteiger partial charge in [-0.25, -0.2) is 4.68 Å². The number of aromatic nitrogens is 2. The van der Waals surface area contributed by atoms with Crippen molar-refractivity contribution in [3.63, 3.8) is 0 Å². The highest BCUT2D eigenvalue weighted by molar-refractivity contribution is 9.13. The summed E-state index contributed by atoms with van der Waals surface area (Å²) in [6.07, 6.45) is 1.68. The highest BCUT2D eigenvalue weighted by Crippen LogP contribution is 2.32. The van der Waals surface area contributed by atoms with Crippen LogP contribution in [0.4, 0.5) is 5.82 Å². The van der Waals surface area contributed by atoms with E-state index in [-0.39, 0.29) is 5.91 Å². The van der Waals surface area contributed by atoms with Crippen LogP contribution in [0, 0.1) is 0 Å². The van der Waals surface area contributed by atoms with Gasteiger partial charge in [0.1, 0.15) is 5.82 Å². The van der Waals surface area contributed by atoms with Gasteiger partial charge in [-0.2, -0.15) is 5.10 Å². The molecule has 0 unspecified atom stereocenters. The number of carbonyl (C=O) groups is 1. The van der Waals surface area contributed by atoms with E-state index in [1.54, 1.807) is 23.0 Å². The summed E-state index contributed by atoms with van der Waals surface area (Å²) in [6.45, 7) is 0.612. The van der Waals surface area contributed by atoms with E-state index in [0.717, 1.165) is 13.8 Å². The molecule has 0 aliphatic carbocycles. The Labute approximate surface area is 148 Å². The molecule has 3 rings (SSSR count). The average molecular weight is 441 g/mol. The van der Waals surface area contributed by atoms with Gasteiger partial charge < -0.3 is 5.32 Å². The molecule has 0 spiro atoms. The number of rotatable bonds is 4. The van der Waals surface area contributed by atoms with Crippen molar-refractivity contribution in [1.82, 2.24) is 9.78 Å². The zero-order chi connectivity index (χ0) is 15.5. The Balaban J connectivity index is 1.76. The van der Waals surface area contributed by atoms with Crippen molar-refractivity contribution >= 4 is 54.9 Å². The van der Waals surface area contributed by atoms with Gasteiger partial charge in [-0.3, -0.25) is 4.79 Å². The van der Waals surface area contributed by atoms with Crippen molar-refractivity contribution in [1.29, 1.82) is 0 Å². The second-order valence-corrected chi connectivity index (χ2v) is 7.77. The molecule has 0 bridgehead atoms. The van der Waals surface area contributed by atoms with Crippen LogP contribution in [0.15, 0.2) is 56.9 Å². The maximum absolute atomic E-state index is 12.3. The van der Waals surface area contributed by atoms with Crippen LogP contribution in [0.2, 0.25) is 0 Å². The minimum Gasteiger partial charge on any atom is -0.306 e. The summed E-state index contributed by atoms with van der Waals surface area (Å²) in [7, 11) is 0. The van der Waals surface area contributed by atoms with Gasteiger partial charge in [0.15, 0.2) is 0 Å². The molecule has 0 aliphatic heterocycles. The number of amides is 1. The van der Waals surface area contributed by atoms with Crippen LogP contribution in [0.1, 0.15) is 15.2 Å². The van der Waals surface area contributed by atoms with E-state index in [9.17, 15) is 4.79 Å². The van der Waals surface area contributed by atoms with E-state index in [1.165, 1.54) is 11.3 Å². The minimum atomic E-state index is -0.147. The number of benzene rings is 1. The van der Waals surface area contributed by atoms with E-state index < -0.39 is 0 Å². The summed E-state index contributed by atoms with van der Waals surface area (Å²) in [5.41, 5.74) is 1.13. The molecule has 0 radical (unpaired) electrons. The smallest absolute Gasteiger partial charge is 0.266 e. The van der Waals surface area contributed by atoms with Gasteiger partial charge in [0.2, 0.25) is 0 Å². The third-order valence-electron chi connectivity index (χ3n) is 3.00. The van der Waals surface area contributed by atoms with E-state index in [4.69, 9.17) is 0 Å². The first kappa shape index (κ1) is 15.5. The number of hydrogen-bond acceptors (Lipinski definition) is 3. The molecule has 2 aromatic heterocycles. The average Bonchev–Trinajstić information content (AvgIpc) is 3.08. The number of hydrogen-bond donors (Lipinski definition) is 1. The van der Waals surface area contributed by atoms with Gasteiger partial charge in [0.05, 0.1) is 21.4 Å². The van der Waals surface area contributed by atoms with Crippen LogP contribution >= 0.6 is 43.2 Å². The summed E-state index contributed by atoms with van der Waals surface area (Å²) in [6, 6.07) is 13.6. The Morgan fingerprint density at radius 3 is 2.68 bits per heavy atom. The number of halogens is 2. The minimum absolute atomic E-state index is 0.147. The molecule has 0 aliphatic rings. The quantitative estimate of drug-likeness (QED) is 0.635. The van der Waals surface area contributed by atoms with Crippen molar-refractivity contribution in [2.75, 3.05) is 5.32 Å². The molecular weight excluding hydrogens is 430 g/mol. The zero-order valence-corrected chi connectivity index (χ0v) is 15.3. The van der Waals surface area contributed by atoms with Crippen molar-refractivity contribution in [3.05, 3.63) is 67.4 Å². The van der Waals surface area contributed by atoms with Gasteiger partial charge in [-0.05, 0) is 43.5 Å². The standard InChI is InChI=1S/C15H11Br2N3OS/c16-11-8-12(22-14(11)17)15(21)19-13-6-7-18-20(13)9-10-4-2-1-3-5-10/h1-8H,9H2,(H,19,21). The fraction of sp³-hybridized carbons (Fsp3) is 0.0667. The van der Waals surface area contributed by atoms with Gasteiger partial charge in [-0.15, -0.1) is 11.3 Å². The first-order chi connectivity index (χ1) is 10.6. The molecule has 0 saturated carbocycles. The van der Waals surface area contributed by atoms with Crippen LogP contribution in [0.3, 0.4) is 0 Å². The Hall–Kier alpha value is -1.44. The second-order valence-electron chi connectivity index (χ2n) is 4.55. The molecule has 1 amide bonds. The lowest BCUT2D eigenvalue weighted by molar-refractivity contribution is 0.102. The Kier molecular flexibility index (Phi) is 4.75. The van der Waals surface area contributed by atoms with E-state index in [0.29, 0.717) is 17.2 Å². The van der Waals surface area contributed by atoms with Crippen LogP contribution in [-0.4, -0.2) is 15.7 Å². The molecule has 2 heterocycles. The van der Waals surface area contributed by atoms with Gasteiger partial charge in [0.25, 0.3) is 5.91 Å². The van der Waals surface area contributed by atoms with Crippen LogP contribution in [0.25, 0.3) is 0 Å². The van der Waals surface area contributed by atoms with E-state index >= 15 is 0 Å². The Morgan fingerprint density at radius 1 is 1.23 bits per heavy atom. The molecule has 1 N–H and O–H groups in total. The number of thiophene rings is 1. The molecule has 112 valence electrons. The van der Waals surface area contributed by atoms with Gasteiger partial charge in [0, 0.05) is 10.5 Å². The molecular formula is C15H11Br2N3OS. The predicted octanol–water partition coefficient (Wildman–Crippen LogP) is 4.77. The maximum Gasteiger partial charge on any atom is 0.266 e. The van der Waals surface area contributed by atoms with E-state index in [2.05, 4.69) is 42.3 Å². The van der Waals surface area contributed by atoms with Crippen molar-refractivity contribution in [3.8, 4) is 0 Å². The summed E-state index contributed by atoms with van der Waals surface area (Å²) >= 11 is 8.16. The Bertz CT molecular complexity index is 779. The van der Waals surface area contributed by atoms with Crippen LogP contribution < -0.4 is 5.32 Å². The molecule has 4 nitrogen and oxygen atoms in total. The summed E-state index contributed by atoms with van der Waals surface area (Å²) in [5.74, 6) is 0.528. The third-order valence-corrected chi connectivity index (χ3v) is 6.26.